The maximum Gasteiger partial charge on any atom is 0.217 e. The summed E-state index contributed by atoms with van der Waals surface area (Å²) in [4.78, 5) is 7.65. The lowest BCUT2D eigenvalue weighted by atomic mass is 10.3. The molecule has 4 nitrogen and oxygen atoms in total. The van der Waals surface area contributed by atoms with E-state index < -0.39 is 6.29 Å². The van der Waals surface area contributed by atoms with E-state index in [0.717, 1.165) is 16.9 Å². The third kappa shape index (κ3) is 2.23. The Bertz CT molecular complexity index is 414. The molecule has 2 aromatic rings. The summed E-state index contributed by atoms with van der Waals surface area (Å²) >= 11 is 0. The highest BCUT2D eigenvalue weighted by Gasteiger charge is 2.15. The normalized spacial score (nSPS) is 11.4. The predicted octanol–water partition coefficient (Wildman–Crippen LogP) is 2.63. The second kappa shape index (κ2) is 5.09. The van der Waals surface area contributed by atoms with E-state index in [1.165, 1.54) is 0 Å². The number of imidazole rings is 1. The first-order chi connectivity index (χ1) is 7.85. The molecule has 0 amide bonds. The zero-order valence-electron chi connectivity index (χ0n) is 9.56. The van der Waals surface area contributed by atoms with Gasteiger partial charge in [0.25, 0.3) is 0 Å². The second-order valence-electron chi connectivity index (χ2n) is 3.38. The van der Waals surface area contributed by atoms with Crippen LogP contribution in [0.1, 0.15) is 26.0 Å². The molecule has 0 aliphatic carbocycles. The van der Waals surface area contributed by atoms with Gasteiger partial charge in [-0.3, -0.25) is 0 Å². The summed E-state index contributed by atoms with van der Waals surface area (Å²) in [5.41, 5.74) is 1.93. The Morgan fingerprint density at radius 3 is 2.50 bits per heavy atom. The highest BCUT2D eigenvalue weighted by Crippen LogP contribution is 2.19. The minimum Gasteiger partial charge on any atom is -0.346 e. The molecule has 1 heterocycles. The van der Waals surface area contributed by atoms with E-state index in [0.29, 0.717) is 13.2 Å². The maximum atomic E-state index is 5.48. The number of aromatic amines is 1. The summed E-state index contributed by atoms with van der Waals surface area (Å²) in [6.07, 6.45) is -0.401. The molecule has 86 valence electrons. The standard InChI is InChI=1S/C12H16N2O2/c1-3-15-12(16-4-2)11-13-9-7-5-6-8-10(9)14-11/h5-8,12H,3-4H2,1-2H3,(H,13,14). The molecule has 4 heteroatoms. The van der Waals surface area contributed by atoms with Gasteiger partial charge in [0.05, 0.1) is 11.0 Å². The van der Waals surface area contributed by atoms with Crippen LogP contribution in [0.4, 0.5) is 0 Å². The van der Waals surface area contributed by atoms with Gasteiger partial charge in [-0.1, -0.05) is 12.1 Å². The number of hydrogen-bond acceptors (Lipinski definition) is 3. The number of hydrogen-bond donors (Lipinski definition) is 1. The zero-order chi connectivity index (χ0) is 11.4. The molecule has 0 atom stereocenters. The number of fused-ring (bicyclic) bond motifs is 1. The van der Waals surface area contributed by atoms with Gasteiger partial charge in [0.2, 0.25) is 6.29 Å². The van der Waals surface area contributed by atoms with E-state index >= 15 is 0 Å². The Morgan fingerprint density at radius 1 is 1.19 bits per heavy atom. The Labute approximate surface area is 94.6 Å². The van der Waals surface area contributed by atoms with Crippen LogP contribution in [-0.4, -0.2) is 23.2 Å². The van der Waals surface area contributed by atoms with Crippen LogP contribution in [0.25, 0.3) is 11.0 Å². The van der Waals surface area contributed by atoms with Crippen LogP contribution in [-0.2, 0) is 9.47 Å². The van der Waals surface area contributed by atoms with Gasteiger partial charge in [-0.05, 0) is 26.0 Å². The molecular weight excluding hydrogens is 204 g/mol. The van der Waals surface area contributed by atoms with Crippen molar-refractivity contribution in [3.05, 3.63) is 30.1 Å². The van der Waals surface area contributed by atoms with Gasteiger partial charge in [0, 0.05) is 13.2 Å². The summed E-state index contributed by atoms with van der Waals surface area (Å²) in [6.45, 7) is 5.08. The largest absolute Gasteiger partial charge is 0.346 e. The smallest absolute Gasteiger partial charge is 0.217 e. The van der Waals surface area contributed by atoms with Gasteiger partial charge >= 0.3 is 0 Å². The summed E-state index contributed by atoms with van der Waals surface area (Å²) in [7, 11) is 0. The Morgan fingerprint density at radius 2 is 1.88 bits per heavy atom. The highest BCUT2D eigenvalue weighted by atomic mass is 16.7. The van der Waals surface area contributed by atoms with Crippen molar-refractivity contribution in [1.29, 1.82) is 0 Å². The molecule has 0 unspecified atom stereocenters. The summed E-state index contributed by atoms with van der Waals surface area (Å²) in [5.74, 6) is 0.727. The third-order valence-electron chi connectivity index (χ3n) is 2.27. The van der Waals surface area contributed by atoms with Crippen LogP contribution in [0.3, 0.4) is 0 Å². The van der Waals surface area contributed by atoms with Gasteiger partial charge in [-0.2, -0.15) is 0 Å². The first-order valence-electron chi connectivity index (χ1n) is 5.53. The SMILES string of the molecule is CCOC(OCC)c1nc2ccccc2[nH]1. The molecule has 2 rings (SSSR count). The number of aromatic nitrogens is 2. The topological polar surface area (TPSA) is 47.1 Å². The highest BCUT2D eigenvalue weighted by molar-refractivity contribution is 5.74. The van der Waals surface area contributed by atoms with Crippen LogP contribution >= 0.6 is 0 Å². The van der Waals surface area contributed by atoms with E-state index in [1.54, 1.807) is 0 Å². The average molecular weight is 220 g/mol. The van der Waals surface area contributed by atoms with Crippen LogP contribution in [0.2, 0.25) is 0 Å². The van der Waals surface area contributed by atoms with E-state index in [9.17, 15) is 0 Å². The Balaban J connectivity index is 2.29. The molecule has 0 bridgehead atoms. The zero-order valence-corrected chi connectivity index (χ0v) is 9.56. The molecule has 16 heavy (non-hydrogen) atoms. The van der Waals surface area contributed by atoms with E-state index in [4.69, 9.17) is 9.47 Å². The molecule has 1 N–H and O–H groups in total. The predicted molar refractivity (Wildman–Crippen MR) is 62.1 cm³/mol. The first kappa shape index (κ1) is 11.1. The summed E-state index contributed by atoms with van der Waals surface area (Å²) in [5, 5.41) is 0. The lowest BCUT2D eigenvalue weighted by molar-refractivity contribution is -0.144. The van der Waals surface area contributed by atoms with E-state index in [-0.39, 0.29) is 0 Å². The first-order valence-corrected chi connectivity index (χ1v) is 5.53. The van der Waals surface area contributed by atoms with Crippen molar-refractivity contribution < 1.29 is 9.47 Å². The number of benzene rings is 1. The van der Waals surface area contributed by atoms with Gasteiger partial charge in [0.15, 0.2) is 5.82 Å². The molecule has 0 saturated carbocycles. The Hall–Kier alpha value is -1.39. The van der Waals surface area contributed by atoms with Gasteiger partial charge in [-0.25, -0.2) is 4.98 Å². The number of ether oxygens (including phenoxy) is 2. The van der Waals surface area contributed by atoms with Gasteiger partial charge < -0.3 is 14.5 Å². The fourth-order valence-corrected chi connectivity index (χ4v) is 1.59. The summed E-state index contributed by atoms with van der Waals surface area (Å²) in [6, 6.07) is 7.88. The van der Waals surface area contributed by atoms with Crippen molar-refractivity contribution >= 4 is 11.0 Å². The second-order valence-corrected chi connectivity index (χ2v) is 3.38. The molecule has 1 aromatic carbocycles. The van der Waals surface area contributed by atoms with E-state index in [1.807, 2.05) is 38.1 Å². The van der Waals surface area contributed by atoms with Crippen molar-refractivity contribution in [3.8, 4) is 0 Å². The minimum absolute atomic E-state index is 0.401. The lowest BCUT2D eigenvalue weighted by Crippen LogP contribution is -2.10. The molecular formula is C12H16N2O2. The van der Waals surface area contributed by atoms with Crippen LogP contribution in [0, 0.1) is 0 Å². The van der Waals surface area contributed by atoms with Crippen molar-refractivity contribution in [2.45, 2.75) is 20.1 Å². The van der Waals surface area contributed by atoms with Crippen LogP contribution in [0.15, 0.2) is 24.3 Å². The molecule has 0 radical (unpaired) electrons. The van der Waals surface area contributed by atoms with Crippen LogP contribution in [0.5, 0.6) is 0 Å². The third-order valence-corrected chi connectivity index (χ3v) is 2.27. The van der Waals surface area contributed by atoms with Crippen LogP contribution < -0.4 is 0 Å². The number of nitrogens with zero attached hydrogens (tertiary/aromatic N) is 1. The maximum absolute atomic E-state index is 5.48. The quantitative estimate of drug-likeness (QED) is 0.788. The molecule has 0 saturated heterocycles. The fraction of sp³-hybridized carbons (Fsp3) is 0.417. The monoisotopic (exact) mass is 220 g/mol. The fourth-order valence-electron chi connectivity index (χ4n) is 1.59. The number of rotatable bonds is 5. The lowest BCUT2D eigenvalue weighted by Gasteiger charge is -2.13. The number of H-pyrrole nitrogens is 1. The number of nitrogens with one attached hydrogen (secondary N) is 1. The minimum atomic E-state index is -0.401. The molecule has 0 fully saturated rings. The van der Waals surface area contributed by atoms with Gasteiger partial charge in [-0.15, -0.1) is 0 Å². The number of para-hydroxylation sites is 2. The van der Waals surface area contributed by atoms with Crippen molar-refractivity contribution in [2.24, 2.45) is 0 Å². The molecule has 0 aliphatic rings. The van der Waals surface area contributed by atoms with Crippen molar-refractivity contribution in [1.82, 2.24) is 9.97 Å². The van der Waals surface area contributed by atoms with Gasteiger partial charge in [0.1, 0.15) is 0 Å². The molecule has 1 aromatic heterocycles. The van der Waals surface area contributed by atoms with E-state index in [2.05, 4.69) is 9.97 Å². The molecule has 0 aliphatic heterocycles. The average Bonchev–Trinajstić information content (AvgIpc) is 2.72. The summed E-state index contributed by atoms with van der Waals surface area (Å²) < 4.78 is 11.0. The van der Waals surface area contributed by atoms with Crippen molar-refractivity contribution in [2.75, 3.05) is 13.2 Å². The Kier molecular flexibility index (Phi) is 3.54. The van der Waals surface area contributed by atoms with Crippen molar-refractivity contribution in [3.63, 3.8) is 0 Å². The molecule has 0 spiro atoms.